The van der Waals surface area contributed by atoms with Crippen LogP contribution in [0.15, 0.2) is 59.8 Å². The van der Waals surface area contributed by atoms with E-state index in [-0.39, 0.29) is 28.4 Å². The van der Waals surface area contributed by atoms with Crippen molar-refractivity contribution >= 4 is 16.6 Å². The van der Waals surface area contributed by atoms with Crippen LogP contribution in [0.1, 0.15) is 48.5 Å². The molecular weight excluding hydrogens is 512 g/mol. The summed E-state index contributed by atoms with van der Waals surface area (Å²) in [5.41, 5.74) is 3.49. The molecule has 0 amide bonds. The topological polar surface area (TPSA) is 63.5 Å². The van der Waals surface area contributed by atoms with Crippen molar-refractivity contribution in [1.82, 2.24) is 19.4 Å². The summed E-state index contributed by atoms with van der Waals surface area (Å²) in [6, 6.07) is 10.7. The summed E-state index contributed by atoms with van der Waals surface area (Å²) in [4.78, 5) is 27.1. The van der Waals surface area contributed by atoms with Crippen LogP contribution >= 0.6 is 0 Å². The van der Waals surface area contributed by atoms with E-state index in [1.807, 2.05) is 31.3 Å². The maximum absolute atomic E-state index is 14.9. The Kier molecular flexibility index (Phi) is 7.23. The molecule has 0 unspecified atom stereocenters. The minimum atomic E-state index is -0.955. The minimum absolute atomic E-state index is 0.0670. The van der Waals surface area contributed by atoms with Crippen LogP contribution < -0.4 is 15.1 Å². The van der Waals surface area contributed by atoms with Crippen LogP contribution in [0.3, 0.4) is 0 Å². The van der Waals surface area contributed by atoms with E-state index < -0.39 is 11.6 Å². The molecule has 1 aliphatic heterocycles. The van der Waals surface area contributed by atoms with Crippen LogP contribution in [-0.4, -0.2) is 45.7 Å². The summed E-state index contributed by atoms with van der Waals surface area (Å²) in [6.07, 6.45) is 9.15. The van der Waals surface area contributed by atoms with Crippen LogP contribution in [0.2, 0.25) is 0 Å². The number of pyridine rings is 3. The number of piperidine rings is 1. The number of halogens is 2. The molecule has 1 saturated heterocycles. The molecule has 208 valence electrons. The SMILES string of the molecule is COc1cc(CN(Cc2cn(C3CC3)c3c(F)c(F)ccc3c2=O)[C@H]2CCCN(c3ccc(C)nc3)C2)ccn1. The third-order valence-corrected chi connectivity index (χ3v) is 8.04. The molecule has 1 aliphatic carbocycles. The van der Waals surface area contributed by atoms with Crippen LogP contribution in [0.25, 0.3) is 10.9 Å². The fraction of sp³-hybridized carbons (Fsp3) is 0.387. The molecule has 0 spiro atoms. The number of anilines is 1. The number of benzene rings is 1. The Morgan fingerprint density at radius 3 is 2.67 bits per heavy atom. The summed E-state index contributed by atoms with van der Waals surface area (Å²) in [6.45, 7) is 4.68. The van der Waals surface area contributed by atoms with E-state index in [1.165, 1.54) is 6.07 Å². The van der Waals surface area contributed by atoms with Gasteiger partial charge in [-0.05, 0) is 68.5 Å². The molecule has 2 fully saturated rings. The highest BCUT2D eigenvalue weighted by Crippen LogP contribution is 2.38. The largest absolute Gasteiger partial charge is 0.481 e. The van der Waals surface area contributed by atoms with Crippen LogP contribution in [0.4, 0.5) is 14.5 Å². The highest BCUT2D eigenvalue weighted by molar-refractivity contribution is 5.80. The van der Waals surface area contributed by atoms with Gasteiger partial charge < -0.3 is 14.2 Å². The molecule has 0 N–H and O–H groups in total. The van der Waals surface area contributed by atoms with Gasteiger partial charge in [0.2, 0.25) is 5.88 Å². The van der Waals surface area contributed by atoms with Crippen molar-refractivity contribution < 1.29 is 13.5 Å². The number of methoxy groups -OCH3 is 1. The van der Waals surface area contributed by atoms with Crippen molar-refractivity contribution in [3.05, 3.63) is 93.7 Å². The van der Waals surface area contributed by atoms with E-state index in [1.54, 1.807) is 24.1 Å². The zero-order valence-corrected chi connectivity index (χ0v) is 22.8. The smallest absolute Gasteiger partial charge is 0.213 e. The summed E-state index contributed by atoms with van der Waals surface area (Å²) in [5, 5.41) is 0.227. The van der Waals surface area contributed by atoms with E-state index in [9.17, 15) is 13.6 Å². The first-order valence-electron chi connectivity index (χ1n) is 13.8. The fourth-order valence-corrected chi connectivity index (χ4v) is 5.76. The van der Waals surface area contributed by atoms with Crippen molar-refractivity contribution in [2.24, 2.45) is 0 Å². The Morgan fingerprint density at radius 1 is 1.07 bits per heavy atom. The zero-order chi connectivity index (χ0) is 27.8. The lowest BCUT2D eigenvalue weighted by molar-refractivity contribution is 0.158. The number of ether oxygens (including phenoxy) is 1. The number of aryl methyl sites for hydroxylation is 1. The van der Waals surface area contributed by atoms with Crippen LogP contribution in [-0.2, 0) is 13.1 Å². The quantitative estimate of drug-likeness (QED) is 0.296. The highest BCUT2D eigenvalue weighted by Gasteiger charge is 2.30. The lowest BCUT2D eigenvalue weighted by Crippen LogP contribution is -2.48. The maximum Gasteiger partial charge on any atom is 0.213 e. The summed E-state index contributed by atoms with van der Waals surface area (Å²) >= 11 is 0. The van der Waals surface area contributed by atoms with E-state index in [2.05, 4.69) is 25.8 Å². The standard InChI is InChI=1S/C31H33F2N5O2/c1-20-5-6-24(15-35-20)36-13-3-4-25(19-36)37(16-21-11-12-34-28(14-21)40-2)17-22-18-38(23-7-8-23)30-26(31(22)39)9-10-27(32)29(30)33/h5-6,9-12,14-15,18,23,25H,3-4,7-8,13,16-17,19H2,1-2H3/t25-/m0/s1. The number of nitrogens with zero attached hydrogens (tertiary/aromatic N) is 5. The Bertz CT molecular complexity index is 1590. The van der Waals surface area contributed by atoms with Gasteiger partial charge in [0, 0.05) is 73.4 Å². The number of hydrogen-bond acceptors (Lipinski definition) is 6. The normalized spacial score (nSPS) is 17.5. The molecule has 4 heterocycles. The van der Waals surface area contributed by atoms with Gasteiger partial charge in [-0.2, -0.15) is 0 Å². The van der Waals surface area contributed by atoms with Gasteiger partial charge in [-0.15, -0.1) is 0 Å². The molecule has 2 aliphatic rings. The second-order valence-electron chi connectivity index (χ2n) is 10.9. The van der Waals surface area contributed by atoms with Gasteiger partial charge in [-0.1, -0.05) is 0 Å². The number of aromatic nitrogens is 3. The average Bonchev–Trinajstić information content (AvgIpc) is 3.82. The van der Waals surface area contributed by atoms with Gasteiger partial charge in [-0.25, -0.2) is 13.8 Å². The summed E-state index contributed by atoms with van der Waals surface area (Å²) in [7, 11) is 1.59. The fourth-order valence-electron chi connectivity index (χ4n) is 5.76. The predicted octanol–water partition coefficient (Wildman–Crippen LogP) is 5.39. The molecule has 7 nitrogen and oxygen atoms in total. The van der Waals surface area contributed by atoms with Crippen molar-refractivity contribution in [3.8, 4) is 5.88 Å². The number of rotatable bonds is 8. The highest BCUT2D eigenvalue weighted by atomic mass is 19.2. The van der Waals surface area contributed by atoms with Gasteiger partial charge in [0.15, 0.2) is 17.1 Å². The first-order valence-corrected chi connectivity index (χ1v) is 13.8. The molecule has 0 bridgehead atoms. The lowest BCUT2D eigenvalue weighted by atomic mass is 10.0. The van der Waals surface area contributed by atoms with Crippen molar-refractivity contribution in [3.63, 3.8) is 0 Å². The summed E-state index contributed by atoms with van der Waals surface area (Å²) < 4.78 is 36.2. The third-order valence-electron chi connectivity index (χ3n) is 8.04. The Morgan fingerprint density at radius 2 is 1.93 bits per heavy atom. The minimum Gasteiger partial charge on any atom is -0.481 e. The number of hydrogen-bond donors (Lipinski definition) is 0. The van der Waals surface area contributed by atoms with Gasteiger partial charge in [-0.3, -0.25) is 14.7 Å². The number of fused-ring (bicyclic) bond motifs is 1. The lowest BCUT2D eigenvalue weighted by Gasteiger charge is -2.40. The van der Waals surface area contributed by atoms with E-state index in [4.69, 9.17) is 4.74 Å². The van der Waals surface area contributed by atoms with Crippen LogP contribution in [0.5, 0.6) is 5.88 Å². The molecule has 1 aromatic carbocycles. The van der Waals surface area contributed by atoms with Gasteiger partial charge >= 0.3 is 0 Å². The molecular formula is C31H33F2N5O2. The Labute approximate surface area is 232 Å². The molecule has 3 aromatic heterocycles. The Hall–Kier alpha value is -3.85. The van der Waals surface area contributed by atoms with Crippen LogP contribution in [0, 0.1) is 18.6 Å². The van der Waals surface area contributed by atoms with Gasteiger partial charge in [0.1, 0.15) is 0 Å². The van der Waals surface area contributed by atoms with Crippen molar-refractivity contribution in [1.29, 1.82) is 0 Å². The second kappa shape index (κ2) is 11.0. The van der Waals surface area contributed by atoms with E-state index in [0.717, 1.165) is 61.8 Å². The zero-order valence-electron chi connectivity index (χ0n) is 22.8. The van der Waals surface area contributed by atoms with Gasteiger partial charge in [0.25, 0.3) is 0 Å². The van der Waals surface area contributed by atoms with Crippen molar-refractivity contribution in [2.75, 3.05) is 25.1 Å². The maximum atomic E-state index is 14.9. The molecule has 0 radical (unpaired) electrons. The molecule has 1 saturated carbocycles. The first-order chi connectivity index (χ1) is 19.4. The van der Waals surface area contributed by atoms with Gasteiger partial charge in [0.05, 0.1) is 24.5 Å². The predicted molar refractivity (Wildman–Crippen MR) is 151 cm³/mol. The third kappa shape index (κ3) is 5.30. The Balaban J connectivity index is 1.37. The second-order valence-corrected chi connectivity index (χ2v) is 10.9. The van der Waals surface area contributed by atoms with Crippen molar-refractivity contribution in [2.45, 2.75) is 57.8 Å². The van der Waals surface area contributed by atoms with E-state index in [0.29, 0.717) is 24.5 Å². The monoisotopic (exact) mass is 545 g/mol. The van der Waals surface area contributed by atoms with E-state index >= 15 is 0 Å². The summed E-state index contributed by atoms with van der Waals surface area (Å²) in [5.74, 6) is -1.36. The molecule has 6 rings (SSSR count). The first kappa shape index (κ1) is 26.4. The average molecular weight is 546 g/mol. The molecule has 40 heavy (non-hydrogen) atoms. The molecule has 4 aromatic rings. The molecule has 1 atom stereocenters. The molecule has 9 heteroatoms.